The maximum atomic E-state index is 10.8. The number of carbonyl (C=O) groups is 1. The first kappa shape index (κ1) is 15.8. The van der Waals surface area contributed by atoms with Gasteiger partial charge in [-0.25, -0.2) is 4.68 Å². The number of primary amides is 1. The zero-order chi connectivity index (χ0) is 16.1. The van der Waals surface area contributed by atoms with Crippen LogP contribution in [0.5, 0.6) is 11.5 Å². The number of aromatic nitrogens is 3. The lowest BCUT2D eigenvalue weighted by Crippen LogP contribution is -2.20. The smallest absolute Gasteiger partial charge is 0.255 e. The van der Waals surface area contributed by atoms with Crippen molar-refractivity contribution in [3.63, 3.8) is 0 Å². The average molecular weight is 323 g/mol. The SMILES string of the molecule is COc1cc(CNn2c(C)n[nH]c2=S)ccc1OCC(N)=O. The van der Waals surface area contributed by atoms with Gasteiger partial charge < -0.3 is 20.6 Å². The molecular weight excluding hydrogens is 306 g/mol. The first-order valence-corrected chi connectivity index (χ1v) is 6.88. The molecule has 1 aromatic heterocycles. The summed E-state index contributed by atoms with van der Waals surface area (Å²) in [5.41, 5.74) is 9.15. The van der Waals surface area contributed by atoms with E-state index in [-0.39, 0.29) is 6.61 Å². The average Bonchev–Trinajstić information content (AvgIpc) is 2.82. The number of carbonyl (C=O) groups excluding carboxylic acids is 1. The van der Waals surface area contributed by atoms with Crippen LogP contribution in [-0.2, 0) is 11.3 Å². The number of H-pyrrole nitrogens is 1. The van der Waals surface area contributed by atoms with E-state index in [1.807, 2.05) is 19.1 Å². The molecule has 2 rings (SSSR count). The van der Waals surface area contributed by atoms with Crippen molar-refractivity contribution in [1.82, 2.24) is 14.9 Å². The Balaban J connectivity index is 2.09. The molecule has 0 saturated heterocycles. The number of nitrogens with two attached hydrogens (primary N) is 1. The Morgan fingerprint density at radius 1 is 1.50 bits per heavy atom. The largest absolute Gasteiger partial charge is 0.493 e. The van der Waals surface area contributed by atoms with Gasteiger partial charge in [-0.2, -0.15) is 5.10 Å². The van der Waals surface area contributed by atoms with Crippen molar-refractivity contribution >= 4 is 18.1 Å². The second-order valence-corrected chi connectivity index (χ2v) is 4.87. The van der Waals surface area contributed by atoms with Crippen LogP contribution in [0.25, 0.3) is 0 Å². The number of ether oxygens (including phenoxy) is 2. The van der Waals surface area contributed by atoms with Gasteiger partial charge in [-0.15, -0.1) is 0 Å². The normalized spacial score (nSPS) is 10.3. The van der Waals surface area contributed by atoms with Crippen molar-refractivity contribution in [3.8, 4) is 11.5 Å². The molecule has 0 atom stereocenters. The number of hydrogen-bond donors (Lipinski definition) is 3. The number of nitrogens with one attached hydrogen (secondary N) is 2. The molecule has 118 valence electrons. The summed E-state index contributed by atoms with van der Waals surface area (Å²) in [6, 6.07) is 5.38. The number of aryl methyl sites for hydroxylation is 1. The lowest BCUT2D eigenvalue weighted by molar-refractivity contribution is -0.119. The molecular formula is C13H17N5O3S. The summed E-state index contributed by atoms with van der Waals surface area (Å²) < 4.78 is 12.7. The van der Waals surface area contributed by atoms with Crippen molar-refractivity contribution in [1.29, 1.82) is 0 Å². The fraction of sp³-hybridized carbons (Fsp3) is 0.308. The fourth-order valence-corrected chi connectivity index (χ4v) is 2.06. The number of amides is 1. The number of benzene rings is 1. The number of rotatable bonds is 7. The summed E-state index contributed by atoms with van der Waals surface area (Å²) in [5, 5.41) is 6.71. The van der Waals surface area contributed by atoms with E-state index in [1.54, 1.807) is 10.7 Å². The Bertz CT molecular complexity index is 725. The third kappa shape index (κ3) is 3.76. The molecule has 9 heteroatoms. The van der Waals surface area contributed by atoms with Crippen LogP contribution in [0.1, 0.15) is 11.4 Å². The highest BCUT2D eigenvalue weighted by atomic mass is 32.1. The topological polar surface area (TPSA) is 107 Å². The van der Waals surface area contributed by atoms with Crippen LogP contribution in [0.15, 0.2) is 18.2 Å². The Hall–Kier alpha value is -2.55. The lowest BCUT2D eigenvalue weighted by atomic mass is 10.2. The fourth-order valence-electron chi connectivity index (χ4n) is 1.82. The van der Waals surface area contributed by atoms with Gasteiger partial charge in [-0.3, -0.25) is 9.89 Å². The van der Waals surface area contributed by atoms with Gasteiger partial charge in [0, 0.05) is 0 Å². The molecule has 0 fully saturated rings. The van der Waals surface area contributed by atoms with Crippen molar-refractivity contribution in [2.24, 2.45) is 5.73 Å². The number of hydrogen-bond acceptors (Lipinski definition) is 6. The van der Waals surface area contributed by atoms with E-state index in [4.69, 9.17) is 27.4 Å². The highest BCUT2D eigenvalue weighted by Gasteiger charge is 2.08. The monoisotopic (exact) mass is 323 g/mol. The molecule has 0 aliphatic heterocycles. The number of aromatic amines is 1. The van der Waals surface area contributed by atoms with E-state index in [9.17, 15) is 4.79 Å². The molecule has 22 heavy (non-hydrogen) atoms. The van der Waals surface area contributed by atoms with Crippen LogP contribution in [0.4, 0.5) is 0 Å². The van der Waals surface area contributed by atoms with Gasteiger partial charge in [0.25, 0.3) is 5.91 Å². The van der Waals surface area contributed by atoms with Crippen LogP contribution >= 0.6 is 12.2 Å². The van der Waals surface area contributed by atoms with Gasteiger partial charge in [0.2, 0.25) is 4.77 Å². The molecule has 0 radical (unpaired) electrons. The number of nitrogens with zero attached hydrogens (tertiary/aromatic N) is 2. The summed E-state index contributed by atoms with van der Waals surface area (Å²) in [7, 11) is 1.53. The highest BCUT2D eigenvalue weighted by Crippen LogP contribution is 2.28. The minimum Gasteiger partial charge on any atom is -0.493 e. The minimum atomic E-state index is -0.544. The van der Waals surface area contributed by atoms with Crippen LogP contribution in [0.3, 0.4) is 0 Å². The molecule has 0 bridgehead atoms. The molecule has 4 N–H and O–H groups in total. The molecule has 1 amide bonds. The maximum Gasteiger partial charge on any atom is 0.255 e. The maximum absolute atomic E-state index is 10.8. The van der Waals surface area contributed by atoms with Gasteiger partial charge in [-0.05, 0) is 36.8 Å². The second kappa shape index (κ2) is 6.94. The van der Waals surface area contributed by atoms with Gasteiger partial charge >= 0.3 is 0 Å². The Morgan fingerprint density at radius 2 is 2.27 bits per heavy atom. The van der Waals surface area contributed by atoms with Crippen molar-refractivity contribution in [2.75, 3.05) is 19.1 Å². The van der Waals surface area contributed by atoms with Crippen molar-refractivity contribution in [2.45, 2.75) is 13.5 Å². The van der Waals surface area contributed by atoms with Crippen molar-refractivity contribution < 1.29 is 14.3 Å². The summed E-state index contributed by atoms with van der Waals surface area (Å²) in [4.78, 5) is 10.8. The van der Waals surface area contributed by atoms with Crippen LogP contribution in [-0.4, -0.2) is 34.5 Å². The molecule has 0 spiro atoms. The number of methoxy groups -OCH3 is 1. The molecule has 0 unspecified atom stereocenters. The van der Waals surface area contributed by atoms with E-state index in [0.717, 1.165) is 11.4 Å². The Morgan fingerprint density at radius 3 is 2.86 bits per heavy atom. The molecule has 0 saturated carbocycles. The van der Waals surface area contributed by atoms with Crippen LogP contribution in [0.2, 0.25) is 0 Å². The molecule has 2 aromatic rings. The van der Waals surface area contributed by atoms with E-state index < -0.39 is 5.91 Å². The summed E-state index contributed by atoms with van der Waals surface area (Å²) in [5.74, 6) is 1.17. The molecule has 1 aromatic carbocycles. The molecule has 0 aliphatic rings. The second-order valence-electron chi connectivity index (χ2n) is 4.49. The predicted octanol–water partition coefficient (Wildman–Crippen LogP) is 0.866. The highest BCUT2D eigenvalue weighted by molar-refractivity contribution is 7.71. The summed E-state index contributed by atoms with van der Waals surface area (Å²) in [6.07, 6.45) is 0. The van der Waals surface area contributed by atoms with Gasteiger partial charge in [-0.1, -0.05) is 6.07 Å². The zero-order valence-corrected chi connectivity index (χ0v) is 13.1. The third-order valence-corrected chi connectivity index (χ3v) is 3.15. The quantitative estimate of drug-likeness (QED) is 0.653. The summed E-state index contributed by atoms with van der Waals surface area (Å²) >= 11 is 5.11. The van der Waals surface area contributed by atoms with Crippen molar-refractivity contribution in [3.05, 3.63) is 34.4 Å². The standard InChI is InChI=1S/C13H17N5O3S/c1-8-16-17-13(22)18(8)15-6-9-3-4-10(11(5-9)20-2)21-7-12(14)19/h3-5,15H,6-7H2,1-2H3,(H2,14,19)(H,17,22). The lowest BCUT2D eigenvalue weighted by Gasteiger charge is -2.12. The molecule has 8 nitrogen and oxygen atoms in total. The zero-order valence-electron chi connectivity index (χ0n) is 12.3. The summed E-state index contributed by atoms with van der Waals surface area (Å²) in [6.45, 7) is 2.15. The Labute approximate surface area is 132 Å². The van der Waals surface area contributed by atoms with Gasteiger partial charge in [0.1, 0.15) is 5.82 Å². The Kier molecular flexibility index (Phi) is 4.99. The first-order chi connectivity index (χ1) is 10.5. The van der Waals surface area contributed by atoms with Gasteiger partial charge in [0.15, 0.2) is 18.1 Å². The van der Waals surface area contributed by atoms with E-state index in [1.165, 1.54) is 7.11 Å². The third-order valence-electron chi connectivity index (χ3n) is 2.88. The predicted molar refractivity (Wildman–Crippen MR) is 82.9 cm³/mol. The van der Waals surface area contributed by atoms with Crippen LogP contribution < -0.4 is 20.6 Å². The van der Waals surface area contributed by atoms with E-state index in [2.05, 4.69) is 15.6 Å². The minimum absolute atomic E-state index is 0.197. The first-order valence-electron chi connectivity index (χ1n) is 6.47. The molecule has 1 heterocycles. The van der Waals surface area contributed by atoms with Gasteiger partial charge in [0.05, 0.1) is 13.7 Å². The van der Waals surface area contributed by atoms with E-state index >= 15 is 0 Å². The molecule has 0 aliphatic carbocycles. The van der Waals surface area contributed by atoms with Crippen LogP contribution in [0, 0.1) is 11.7 Å². The van der Waals surface area contributed by atoms with E-state index in [0.29, 0.717) is 22.8 Å².